The van der Waals surface area contributed by atoms with E-state index in [2.05, 4.69) is 25.6 Å². The van der Waals surface area contributed by atoms with E-state index in [4.69, 9.17) is 5.73 Å². The standard InChI is InChI=1S/C13H14BrN3O2S/c1-9-3-2-4-13(16-9)17-20(18,19)12-6-5-10(8-15)7-11(12)14/h2-7H,8,15H2,1H3,(H,16,17). The zero-order valence-electron chi connectivity index (χ0n) is 10.8. The highest BCUT2D eigenvalue weighted by atomic mass is 79.9. The minimum absolute atomic E-state index is 0.151. The number of halogens is 1. The molecule has 2 aromatic rings. The molecule has 106 valence electrons. The molecule has 0 unspecified atom stereocenters. The van der Waals surface area contributed by atoms with Gasteiger partial charge < -0.3 is 5.73 Å². The van der Waals surface area contributed by atoms with Crippen molar-refractivity contribution in [3.63, 3.8) is 0 Å². The van der Waals surface area contributed by atoms with Crippen LogP contribution in [0.2, 0.25) is 0 Å². The maximum atomic E-state index is 12.3. The molecule has 0 spiro atoms. The Bertz CT molecular complexity index is 732. The first kappa shape index (κ1) is 15.0. The van der Waals surface area contributed by atoms with Gasteiger partial charge in [-0.25, -0.2) is 13.4 Å². The molecule has 0 bridgehead atoms. The summed E-state index contributed by atoms with van der Waals surface area (Å²) < 4.78 is 27.6. The lowest BCUT2D eigenvalue weighted by atomic mass is 10.2. The Labute approximate surface area is 126 Å². The van der Waals surface area contributed by atoms with E-state index in [1.165, 1.54) is 6.07 Å². The number of hydrogen-bond acceptors (Lipinski definition) is 4. The SMILES string of the molecule is Cc1cccc(NS(=O)(=O)c2ccc(CN)cc2Br)n1. The number of pyridine rings is 1. The summed E-state index contributed by atoms with van der Waals surface area (Å²) in [4.78, 5) is 4.27. The molecule has 0 amide bonds. The first-order chi connectivity index (χ1) is 9.42. The molecule has 7 heteroatoms. The van der Waals surface area contributed by atoms with Crippen LogP contribution in [0, 0.1) is 6.92 Å². The predicted octanol–water partition coefficient (Wildman–Crippen LogP) is 2.41. The number of aromatic nitrogens is 1. The van der Waals surface area contributed by atoms with Crippen LogP contribution in [0.1, 0.15) is 11.3 Å². The van der Waals surface area contributed by atoms with Crippen LogP contribution >= 0.6 is 15.9 Å². The van der Waals surface area contributed by atoms with Gasteiger partial charge in [-0.05, 0) is 52.7 Å². The minimum Gasteiger partial charge on any atom is -0.326 e. The molecule has 1 heterocycles. The molecule has 1 aromatic carbocycles. The van der Waals surface area contributed by atoms with Crippen molar-refractivity contribution in [1.82, 2.24) is 4.98 Å². The van der Waals surface area contributed by atoms with Gasteiger partial charge in [0.2, 0.25) is 0 Å². The molecule has 0 aliphatic rings. The van der Waals surface area contributed by atoms with Crippen molar-refractivity contribution >= 4 is 31.8 Å². The van der Waals surface area contributed by atoms with Crippen molar-refractivity contribution in [1.29, 1.82) is 0 Å². The number of anilines is 1. The highest BCUT2D eigenvalue weighted by Gasteiger charge is 2.18. The summed E-state index contributed by atoms with van der Waals surface area (Å²) in [5.41, 5.74) is 7.11. The van der Waals surface area contributed by atoms with Gasteiger partial charge in [0.25, 0.3) is 10.0 Å². The molecule has 0 saturated carbocycles. The number of benzene rings is 1. The summed E-state index contributed by atoms with van der Waals surface area (Å²) in [5.74, 6) is 0.291. The highest BCUT2D eigenvalue weighted by Crippen LogP contribution is 2.25. The third-order valence-electron chi connectivity index (χ3n) is 2.65. The van der Waals surface area contributed by atoms with Gasteiger partial charge in [-0.1, -0.05) is 12.1 Å². The number of nitrogens with zero attached hydrogens (tertiary/aromatic N) is 1. The lowest BCUT2D eigenvalue weighted by molar-refractivity contribution is 0.600. The quantitative estimate of drug-likeness (QED) is 0.881. The average Bonchev–Trinajstić information content (AvgIpc) is 2.37. The Balaban J connectivity index is 2.36. The van der Waals surface area contributed by atoms with Gasteiger partial charge in [-0.15, -0.1) is 0 Å². The van der Waals surface area contributed by atoms with Crippen LogP contribution in [-0.2, 0) is 16.6 Å². The smallest absolute Gasteiger partial charge is 0.264 e. The number of sulfonamides is 1. The van der Waals surface area contributed by atoms with E-state index >= 15 is 0 Å². The Morgan fingerprint density at radius 2 is 2.05 bits per heavy atom. The van der Waals surface area contributed by atoms with Crippen LogP contribution in [-0.4, -0.2) is 13.4 Å². The van der Waals surface area contributed by atoms with E-state index in [1.54, 1.807) is 37.3 Å². The van der Waals surface area contributed by atoms with Crippen LogP contribution in [0.15, 0.2) is 45.8 Å². The first-order valence-corrected chi connectivity index (χ1v) is 8.15. The topological polar surface area (TPSA) is 85.1 Å². The summed E-state index contributed by atoms with van der Waals surface area (Å²) in [6, 6.07) is 10.0. The van der Waals surface area contributed by atoms with E-state index in [0.29, 0.717) is 16.8 Å². The van der Waals surface area contributed by atoms with Gasteiger partial charge in [0.1, 0.15) is 10.7 Å². The maximum Gasteiger partial charge on any atom is 0.264 e. The number of aryl methyl sites for hydroxylation is 1. The molecule has 0 atom stereocenters. The molecular formula is C13H14BrN3O2S. The molecule has 0 aliphatic carbocycles. The molecule has 1 aromatic heterocycles. The summed E-state index contributed by atoms with van der Waals surface area (Å²) >= 11 is 3.26. The van der Waals surface area contributed by atoms with Crippen molar-refractivity contribution in [3.8, 4) is 0 Å². The lowest BCUT2D eigenvalue weighted by Crippen LogP contribution is -2.15. The number of nitrogens with two attached hydrogens (primary N) is 1. The van der Waals surface area contributed by atoms with Crippen molar-refractivity contribution in [2.45, 2.75) is 18.4 Å². The van der Waals surface area contributed by atoms with Crippen molar-refractivity contribution in [2.24, 2.45) is 5.73 Å². The number of hydrogen-bond donors (Lipinski definition) is 2. The molecule has 0 saturated heterocycles. The summed E-state index contributed by atoms with van der Waals surface area (Å²) in [6.45, 7) is 2.15. The zero-order chi connectivity index (χ0) is 14.8. The lowest BCUT2D eigenvalue weighted by Gasteiger charge is -2.10. The number of rotatable bonds is 4. The first-order valence-electron chi connectivity index (χ1n) is 5.87. The third kappa shape index (κ3) is 3.36. The Morgan fingerprint density at radius 1 is 1.30 bits per heavy atom. The maximum absolute atomic E-state index is 12.3. The largest absolute Gasteiger partial charge is 0.326 e. The van der Waals surface area contributed by atoms with Gasteiger partial charge in [0.05, 0.1) is 0 Å². The van der Waals surface area contributed by atoms with E-state index in [-0.39, 0.29) is 4.90 Å². The molecule has 0 aliphatic heterocycles. The Kier molecular flexibility index (Phi) is 4.42. The molecule has 0 radical (unpaired) electrons. The fourth-order valence-electron chi connectivity index (χ4n) is 1.68. The fraction of sp³-hybridized carbons (Fsp3) is 0.154. The molecule has 5 nitrogen and oxygen atoms in total. The second kappa shape index (κ2) is 5.90. The molecule has 2 rings (SSSR count). The summed E-state index contributed by atoms with van der Waals surface area (Å²) in [7, 11) is -3.69. The average molecular weight is 356 g/mol. The van der Waals surface area contributed by atoms with Gasteiger partial charge in [0, 0.05) is 16.7 Å². The predicted molar refractivity (Wildman–Crippen MR) is 81.8 cm³/mol. The van der Waals surface area contributed by atoms with Crippen LogP contribution in [0.3, 0.4) is 0 Å². The Morgan fingerprint density at radius 3 is 2.65 bits per heavy atom. The molecule has 20 heavy (non-hydrogen) atoms. The van der Waals surface area contributed by atoms with Crippen molar-refractivity contribution in [3.05, 3.63) is 52.1 Å². The second-order valence-corrected chi connectivity index (χ2v) is 6.74. The van der Waals surface area contributed by atoms with Gasteiger partial charge >= 0.3 is 0 Å². The fourth-order valence-corrected chi connectivity index (χ4v) is 3.81. The summed E-state index contributed by atoms with van der Waals surface area (Å²) in [6.07, 6.45) is 0. The number of nitrogens with one attached hydrogen (secondary N) is 1. The van der Waals surface area contributed by atoms with Crippen LogP contribution in [0.5, 0.6) is 0 Å². The van der Waals surface area contributed by atoms with Gasteiger partial charge in [-0.3, -0.25) is 4.72 Å². The van der Waals surface area contributed by atoms with E-state index in [0.717, 1.165) is 11.3 Å². The van der Waals surface area contributed by atoms with E-state index < -0.39 is 10.0 Å². The second-order valence-electron chi connectivity index (χ2n) is 4.24. The van der Waals surface area contributed by atoms with Crippen molar-refractivity contribution < 1.29 is 8.42 Å². The van der Waals surface area contributed by atoms with Gasteiger partial charge in [0.15, 0.2) is 0 Å². The third-order valence-corrected chi connectivity index (χ3v) is 4.98. The normalized spacial score (nSPS) is 11.3. The Hall–Kier alpha value is -1.44. The highest BCUT2D eigenvalue weighted by molar-refractivity contribution is 9.10. The monoisotopic (exact) mass is 355 g/mol. The molecule has 3 N–H and O–H groups in total. The zero-order valence-corrected chi connectivity index (χ0v) is 13.2. The summed E-state index contributed by atoms with van der Waals surface area (Å²) in [5, 5.41) is 0. The van der Waals surface area contributed by atoms with Crippen LogP contribution in [0.25, 0.3) is 0 Å². The van der Waals surface area contributed by atoms with Crippen molar-refractivity contribution in [2.75, 3.05) is 4.72 Å². The minimum atomic E-state index is -3.69. The van der Waals surface area contributed by atoms with E-state index in [9.17, 15) is 8.42 Å². The van der Waals surface area contributed by atoms with Crippen LogP contribution in [0.4, 0.5) is 5.82 Å². The van der Waals surface area contributed by atoms with E-state index in [1.807, 2.05) is 0 Å². The van der Waals surface area contributed by atoms with Gasteiger partial charge in [-0.2, -0.15) is 0 Å². The molecule has 0 fully saturated rings. The molecular weight excluding hydrogens is 342 g/mol. The van der Waals surface area contributed by atoms with Crippen LogP contribution < -0.4 is 10.5 Å².